The van der Waals surface area contributed by atoms with Crippen molar-refractivity contribution in [1.29, 1.82) is 0 Å². The number of hydrogen-bond acceptors (Lipinski definition) is 4. The third-order valence-electron chi connectivity index (χ3n) is 4.42. The summed E-state index contributed by atoms with van der Waals surface area (Å²) >= 11 is 0. The normalized spacial score (nSPS) is 19.0. The molecule has 0 aromatic heterocycles. The zero-order valence-electron chi connectivity index (χ0n) is 14.1. The van der Waals surface area contributed by atoms with Gasteiger partial charge in [0.1, 0.15) is 0 Å². The smallest absolute Gasteiger partial charge is 0.0897 e. The topological polar surface area (TPSA) is 44.7 Å². The predicted molar refractivity (Wildman–Crippen MR) is 88.7 cm³/mol. The van der Waals surface area contributed by atoms with Crippen LogP contribution in [0.25, 0.3) is 0 Å². The minimum Gasteiger partial charge on any atom is -0.389 e. The molecule has 4 heteroatoms. The van der Waals surface area contributed by atoms with Crippen LogP contribution in [0, 0.1) is 5.92 Å². The van der Waals surface area contributed by atoms with E-state index >= 15 is 0 Å². The van der Waals surface area contributed by atoms with E-state index in [-0.39, 0.29) is 6.10 Å². The van der Waals surface area contributed by atoms with Crippen LogP contribution in [0.2, 0.25) is 0 Å². The Morgan fingerprint density at radius 3 is 2.62 bits per heavy atom. The van der Waals surface area contributed by atoms with Gasteiger partial charge in [0.2, 0.25) is 0 Å². The monoisotopic (exact) mass is 300 g/mol. The summed E-state index contributed by atoms with van der Waals surface area (Å²) in [5, 5.41) is 13.3. The molecule has 0 bridgehead atoms. The van der Waals surface area contributed by atoms with Crippen LogP contribution >= 0.6 is 0 Å². The molecule has 1 atom stereocenters. The van der Waals surface area contributed by atoms with Gasteiger partial charge in [0.05, 0.1) is 12.7 Å². The SMILES string of the molecule is CCCCCCOCC(O)CNCC1CCN(CC)CC1. The van der Waals surface area contributed by atoms with E-state index in [9.17, 15) is 5.11 Å². The Morgan fingerprint density at radius 2 is 1.95 bits per heavy atom. The highest BCUT2D eigenvalue weighted by molar-refractivity contribution is 4.73. The fourth-order valence-corrected chi connectivity index (χ4v) is 2.87. The van der Waals surface area contributed by atoms with Gasteiger partial charge in [-0.3, -0.25) is 0 Å². The maximum absolute atomic E-state index is 9.87. The van der Waals surface area contributed by atoms with Gasteiger partial charge in [-0.15, -0.1) is 0 Å². The van der Waals surface area contributed by atoms with Crippen molar-refractivity contribution in [2.75, 3.05) is 45.9 Å². The summed E-state index contributed by atoms with van der Waals surface area (Å²) in [5.41, 5.74) is 0. The van der Waals surface area contributed by atoms with Crippen molar-refractivity contribution in [2.45, 2.75) is 58.5 Å². The molecule has 0 aromatic rings. The van der Waals surface area contributed by atoms with E-state index in [1.165, 1.54) is 51.7 Å². The van der Waals surface area contributed by atoms with Crippen LogP contribution in [0.1, 0.15) is 52.4 Å². The molecule has 126 valence electrons. The number of rotatable bonds is 12. The minimum absolute atomic E-state index is 0.369. The molecule has 1 saturated heterocycles. The molecule has 4 nitrogen and oxygen atoms in total. The molecule has 0 amide bonds. The molecule has 1 unspecified atom stereocenters. The molecule has 1 heterocycles. The van der Waals surface area contributed by atoms with Crippen LogP contribution in [0.15, 0.2) is 0 Å². The maximum atomic E-state index is 9.87. The zero-order valence-corrected chi connectivity index (χ0v) is 14.1. The summed E-state index contributed by atoms with van der Waals surface area (Å²) in [6.07, 6.45) is 7.08. The summed E-state index contributed by atoms with van der Waals surface area (Å²) in [4.78, 5) is 2.51. The van der Waals surface area contributed by atoms with Gasteiger partial charge >= 0.3 is 0 Å². The van der Waals surface area contributed by atoms with Crippen LogP contribution in [-0.2, 0) is 4.74 Å². The van der Waals surface area contributed by atoms with Crippen LogP contribution in [0.4, 0.5) is 0 Å². The summed E-state index contributed by atoms with van der Waals surface area (Å²) in [5.74, 6) is 0.773. The van der Waals surface area contributed by atoms with Crippen molar-refractivity contribution < 1.29 is 9.84 Å². The maximum Gasteiger partial charge on any atom is 0.0897 e. The summed E-state index contributed by atoms with van der Waals surface area (Å²) < 4.78 is 5.52. The van der Waals surface area contributed by atoms with E-state index in [2.05, 4.69) is 24.1 Å². The molecule has 0 radical (unpaired) electrons. The minimum atomic E-state index is -0.369. The molecular weight excluding hydrogens is 264 g/mol. The number of unbranched alkanes of at least 4 members (excludes halogenated alkanes) is 3. The van der Waals surface area contributed by atoms with E-state index in [0.29, 0.717) is 13.2 Å². The highest BCUT2D eigenvalue weighted by atomic mass is 16.5. The van der Waals surface area contributed by atoms with Gasteiger partial charge in [0.15, 0.2) is 0 Å². The average Bonchev–Trinajstić information content (AvgIpc) is 2.51. The van der Waals surface area contributed by atoms with E-state index in [4.69, 9.17) is 4.74 Å². The summed E-state index contributed by atoms with van der Waals surface area (Å²) in [6.45, 7) is 11.0. The van der Waals surface area contributed by atoms with Crippen LogP contribution in [0.5, 0.6) is 0 Å². The molecular formula is C17H36N2O2. The lowest BCUT2D eigenvalue weighted by Gasteiger charge is -2.31. The summed E-state index contributed by atoms with van der Waals surface area (Å²) in [6, 6.07) is 0. The lowest BCUT2D eigenvalue weighted by Crippen LogP contribution is -2.39. The Morgan fingerprint density at radius 1 is 1.19 bits per heavy atom. The highest BCUT2D eigenvalue weighted by Crippen LogP contribution is 2.15. The van der Waals surface area contributed by atoms with Crippen molar-refractivity contribution >= 4 is 0 Å². The van der Waals surface area contributed by atoms with Gasteiger partial charge in [0, 0.05) is 13.2 Å². The second-order valence-electron chi connectivity index (χ2n) is 6.33. The fourth-order valence-electron chi connectivity index (χ4n) is 2.87. The number of ether oxygens (including phenoxy) is 1. The van der Waals surface area contributed by atoms with Crippen LogP contribution in [-0.4, -0.2) is 62.0 Å². The van der Waals surface area contributed by atoms with Crippen molar-refractivity contribution in [2.24, 2.45) is 5.92 Å². The summed E-state index contributed by atoms with van der Waals surface area (Å²) in [7, 11) is 0. The van der Waals surface area contributed by atoms with Crippen molar-refractivity contribution in [1.82, 2.24) is 10.2 Å². The molecule has 1 aliphatic rings. The van der Waals surface area contributed by atoms with Gasteiger partial charge in [-0.25, -0.2) is 0 Å². The number of nitrogens with zero attached hydrogens (tertiary/aromatic N) is 1. The quantitative estimate of drug-likeness (QED) is 0.543. The van der Waals surface area contributed by atoms with Crippen molar-refractivity contribution in [3.8, 4) is 0 Å². The third kappa shape index (κ3) is 9.46. The zero-order chi connectivity index (χ0) is 15.3. The fraction of sp³-hybridized carbons (Fsp3) is 1.00. The first-order chi connectivity index (χ1) is 10.3. The molecule has 1 fully saturated rings. The number of piperidine rings is 1. The molecule has 0 aromatic carbocycles. The number of hydrogen-bond donors (Lipinski definition) is 2. The lowest BCUT2D eigenvalue weighted by molar-refractivity contribution is 0.0346. The van der Waals surface area contributed by atoms with Gasteiger partial charge in [-0.2, -0.15) is 0 Å². The number of aliphatic hydroxyl groups excluding tert-OH is 1. The van der Waals surface area contributed by atoms with Crippen molar-refractivity contribution in [3.05, 3.63) is 0 Å². The molecule has 0 spiro atoms. The second kappa shape index (κ2) is 12.4. The second-order valence-corrected chi connectivity index (χ2v) is 6.33. The van der Waals surface area contributed by atoms with Crippen LogP contribution in [0.3, 0.4) is 0 Å². The molecule has 0 aliphatic carbocycles. The number of likely N-dealkylation sites (tertiary alicyclic amines) is 1. The first-order valence-corrected chi connectivity index (χ1v) is 8.95. The molecule has 1 aliphatic heterocycles. The van der Waals surface area contributed by atoms with Crippen molar-refractivity contribution in [3.63, 3.8) is 0 Å². The number of aliphatic hydroxyl groups is 1. The Labute approximate surface area is 131 Å². The van der Waals surface area contributed by atoms with E-state index < -0.39 is 0 Å². The highest BCUT2D eigenvalue weighted by Gasteiger charge is 2.17. The standard InChI is InChI=1S/C17H36N2O2/c1-3-5-6-7-12-21-15-17(20)14-18-13-16-8-10-19(4-2)11-9-16/h16-18,20H,3-15H2,1-2H3. The molecule has 2 N–H and O–H groups in total. The molecule has 0 saturated carbocycles. The lowest BCUT2D eigenvalue weighted by atomic mass is 9.97. The average molecular weight is 300 g/mol. The Balaban J connectivity index is 1.90. The van der Waals surface area contributed by atoms with Gasteiger partial charge in [-0.05, 0) is 51.4 Å². The predicted octanol–water partition coefficient (Wildman–Crippen LogP) is 2.27. The van der Waals surface area contributed by atoms with Gasteiger partial charge in [-0.1, -0.05) is 33.1 Å². The Kier molecular flexibility index (Phi) is 11.1. The third-order valence-corrected chi connectivity index (χ3v) is 4.42. The van der Waals surface area contributed by atoms with E-state index in [1.807, 2.05) is 0 Å². The largest absolute Gasteiger partial charge is 0.389 e. The first-order valence-electron chi connectivity index (χ1n) is 8.95. The molecule has 1 rings (SSSR count). The van der Waals surface area contributed by atoms with E-state index in [0.717, 1.165) is 25.5 Å². The first kappa shape index (κ1) is 18.9. The van der Waals surface area contributed by atoms with Gasteiger partial charge < -0.3 is 20.1 Å². The number of nitrogens with one attached hydrogen (secondary N) is 1. The van der Waals surface area contributed by atoms with E-state index in [1.54, 1.807) is 0 Å². The van der Waals surface area contributed by atoms with Gasteiger partial charge in [0.25, 0.3) is 0 Å². The Bertz CT molecular complexity index is 231. The van der Waals surface area contributed by atoms with Crippen LogP contribution < -0.4 is 5.32 Å². The Hall–Kier alpha value is -0.160. The molecule has 21 heavy (non-hydrogen) atoms.